The van der Waals surface area contributed by atoms with Gasteiger partial charge in [-0.1, -0.05) is 12.1 Å². The van der Waals surface area contributed by atoms with Crippen molar-refractivity contribution < 1.29 is 18.7 Å². The van der Waals surface area contributed by atoms with Crippen LogP contribution in [0.1, 0.15) is 16.2 Å². The van der Waals surface area contributed by atoms with Gasteiger partial charge in [0, 0.05) is 25.6 Å². The first-order valence-electron chi connectivity index (χ1n) is 8.50. The van der Waals surface area contributed by atoms with Gasteiger partial charge in [0.2, 0.25) is 5.78 Å². The fourth-order valence-corrected chi connectivity index (χ4v) is 2.50. The molecule has 0 saturated heterocycles. The van der Waals surface area contributed by atoms with E-state index in [1.807, 2.05) is 0 Å². The number of allylic oxidation sites excluding steroid dienone is 1. The average Bonchev–Trinajstić information content (AvgIpc) is 3.15. The van der Waals surface area contributed by atoms with Crippen LogP contribution >= 0.6 is 0 Å². The summed E-state index contributed by atoms with van der Waals surface area (Å²) in [5.74, 6) is -3.16. The van der Waals surface area contributed by atoms with Crippen molar-refractivity contribution >= 4 is 17.6 Å². The minimum absolute atomic E-state index is 0.00124. The number of pyridine rings is 1. The van der Waals surface area contributed by atoms with Crippen molar-refractivity contribution in [1.82, 2.24) is 14.5 Å². The second-order valence-corrected chi connectivity index (χ2v) is 6.00. The maximum atomic E-state index is 14.3. The number of aromatic nitrogens is 3. The molecule has 0 spiro atoms. The van der Waals surface area contributed by atoms with Crippen molar-refractivity contribution in [3.05, 3.63) is 78.4 Å². The van der Waals surface area contributed by atoms with Gasteiger partial charge >= 0.3 is 0 Å². The Morgan fingerprint density at radius 3 is 2.76 bits per heavy atom. The summed E-state index contributed by atoms with van der Waals surface area (Å²) >= 11 is 0. The van der Waals surface area contributed by atoms with Crippen LogP contribution in [0.4, 0.5) is 4.39 Å². The summed E-state index contributed by atoms with van der Waals surface area (Å²) in [6.07, 6.45) is 8.37. The molecule has 1 atom stereocenters. The third-order valence-corrected chi connectivity index (χ3v) is 3.98. The van der Waals surface area contributed by atoms with E-state index in [0.29, 0.717) is 11.3 Å². The topological polar surface area (TPSA) is 97.9 Å². The molecule has 1 aromatic carbocycles. The van der Waals surface area contributed by atoms with Crippen LogP contribution in [0.15, 0.2) is 61.2 Å². The molecule has 2 aromatic heterocycles. The SMILES string of the molecule is Cn1ccnc1C(=O)C(C#N)C(=O)C=Cc1ccc(Oc2cccnc2)c(F)c1. The Kier molecular flexibility index (Phi) is 5.90. The van der Waals surface area contributed by atoms with E-state index in [2.05, 4.69) is 9.97 Å². The van der Waals surface area contributed by atoms with Gasteiger partial charge in [-0.25, -0.2) is 9.37 Å². The van der Waals surface area contributed by atoms with Crippen LogP contribution in [0.25, 0.3) is 6.08 Å². The van der Waals surface area contributed by atoms with Crippen LogP contribution in [0.3, 0.4) is 0 Å². The highest BCUT2D eigenvalue weighted by Gasteiger charge is 2.28. The number of hydrogen-bond acceptors (Lipinski definition) is 6. The summed E-state index contributed by atoms with van der Waals surface area (Å²) in [7, 11) is 1.59. The number of benzene rings is 1. The number of nitrogens with zero attached hydrogens (tertiary/aromatic N) is 4. The number of carbonyl (C=O) groups is 2. The lowest BCUT2D eigenvalue weighted by molar-refractivity contribution is -0.115. The number of Topliss-reactive ketones (excluding diaryl/α,β-unsaturated/α-hetero) is 1. The molecule has 3 rings (SSSR count). The van der Waals surface area contributed by atoms with Crippen molar-refractivity contribution in [3.8, 4) is 17.6 Å². The molecule has 0 radical (unpaired) electrons. The Balaban J connectivity index is 1.72. The first-order valence-corrected chi connectivity index (χ1v) is 8.50. The van der Waals surface area contributed by atoms with E-state index in [4.69, 9.17) is 4.74 Å². The van der Waals surface area contributed by atoms with Gasteiger partial charge in [0.15, 0.2) is 29.1 Å². The Morgan fingerprint density at radius 2 is 2.14 bits per heavy atom. The van der Waals surface area contributed by atoms with Gasteiger partial charge in [-0.2, -0.15) is 5.26 Å². The summed E-state index contributed by atoms with van der Waals surface area (Å²) < 4.78 is 21.1. The van der Waals surface area contributed by atoms with Crippen LogP contribution in [0.5, 0.6) is 11.5 Å². The van der Waals surface area contributed by atoms with E-state index in [9.17, 15) is 19.2 Å². The highest BCUT2D eigenvalue weighted by Crippen LogP contribution is 2.25. The predicted octanol–water partition coefficient (Wildman–Crippen LogP) is 3.35. The van der Waals surface area contributed by atoms with Gasteiger partial charge in [-0.3, -0.25) is 14.6 Å². The summed E-state index contributed by atoms with van der Waals surface area (Å²) in [5, 5.41) is 9.23. The second kappa shape index (κ2) is 8.71. The second-order valence-electron chi connectivity index (χ2n) is 6.00. The summed E-state index contributed by atoms with van der Waals surface area (Å²) in [6.45, 7) is 0. The Morgan fingerprint density at radius 1 is 1.31 bits per heavy atom. The van der Waals surface area contributed by atoms with Gasteiger partial charge in [0.25, 0.3) is 0 Å². The Labute approximate surface area is 165 Å². The predicted molar refractivity (Wildman–Crippen MR) is 101 cm³/mol. The molecule has 0 fully saturated rings. The number of aryl methyl sites for hydroxylation is 1. The molecule has 0 aliphatic carbocycles. The highest BCUT2D eigenvalue weighted by molar-refractivity contribution is 6.15. The number of nitriles is 1. The fraction of sp³-hybridized carbons (Fsp3) is 0.0952. The highest BCUT2D eigenvalue weighted by atomic mass is 19.1. The molecule has 3 aromatic rings. The third-order valence-electron chi connectivity index (χ3n) is 3.98. The third kappa shape index (κ3) is 4.59. The molecule has 0 aliphatic heterocycles. The molecule has 1 unspecified atom stereocenters. The quantitative estimate of drug-likeness (QED) is 0.349. The van der Waals surface area contributed by atoms with Gasteiger partial charge in [0.05, 0.1) is 12.3 Å². The van der Waals surface area contributed by atoms with Crippen LogP contribution in [0.2, 0.25) is 0 Å². The minimum atomic E-state index is -1.52. The van der Waals surface area contributed by atoms with Crippen molar-refractivity contribution in [2.45, 2.75) is 0 Å². The number of ketones is 2. The zero-order chi connectivity index (χ0) is 20.8. The number of hydrogen-bond donors (Lipinski definition) is 0. The molecule has 0 bridgehead atoms. The number of rotatable bonds is 7. The maximum Gasteiger partial charge on any atom is 0.223 e. The van der Waals surface area contributed by atoms with Crippen LogP contribution < -0.4 is 4.74 Å². The largest absolute Gasteiger partial charge is 0.453 e. The summed E-state index contributed by atoms with van der Waals surface area (Å²) in [4.78, 5) is 32.4. The maximum absolute atomic E-state index is 14.3. The van der Waals surface area contributed by atoms with E-state index in [1.165, 1.54) is 35.2 Å². The molecule has 0 aliphatic rings. The molecular weight excluding hydrogens is 375 g/mol. The van der Waals surface area contributed by atoms with Gasteiger partial charge < -0.3 is 9.30 Å². The Bertz CT molecular complexity index is 1120. The molecule has 7 nitrogen and oxygen atoms in total. The van der Waals surface area contributed by atoms with Gasteiger partial charge in [-0.15, -0.1) is 0 Å². The van der Waals surface area contributed by atoms with Gasteiger partial charge in [-0.05, 0) is 35.9 Å². The first kappa shape index (κ1) is 19.6. The van der Waals surface area contributed by atoms with E-state index in [-0.39, 0.29) is 11.6 Å². The zero-order valence-corrected chi connectivity index (χ0v) is 15.3. The van der Waals surface area contributed by atoms with Crippen molar-refractivity contribution in [2.75, 3.05) is 0 Å². The van der Waals surface area contributed by atoms with Crippen LogP contribution in [-0.2, 0) is 11.8 Å². The zero-order valence-electron chi connectivity index (χ0n) is 15.3. The number of ether oxygens (including phenoxy) is 1. The number of halogens is 1. The van der Waals surface area contributed by atoms with E-state index in [0.717, 1.165) is 6.08 Å². The normalized spacial score (nSPS) is 11.8. The Hall–Kier alpha value is -4.12. The molecular formula is C21H15FN4O3. The van der Waals surface area contributed by atoms with E-state index >= 15 is 0 Å². The van der Waals surface area contributed by atoms with E-state index < -0.39 is 23.3 Å². The summed E-state index contributed by atoms with van der Waals surface area (Å²) in [5.41, 5.74) is 0.371. The lowest BCUT2D eigenvalue weighted by atomic mass is 9.99. The van der Waals surface area contributed by atoms with Gasteiger partial charge in [0.1, 0.15) is 5.75 Å². The molecule has 0 amide bonds. The van der Waals surface area contributed by atoms with Crippen LogP contribution in [-0.4, -0.2) is 26.1 Å². The first-order chi connectivity index (χ1) is 14.0. The lowest BCUT2D eigenvalue weighted by Crippen LogP contribution is -2.23. The molecule has 0 N–H and O–H groups in total. The van der Waals surface area contributed by atoms with E-state index in [1.54, 1.807) is 43.7 Å². The molecule has 144 valence electrons. The van der Waals surface area contributed by atoms with Crippen molar-refractivity contribution in [1.29, 1.82) is 5.26 Å². The standard InChI is InChI=1S/C21H15FN4O3/c1-26-10-9-25-21(26)20(28)16(12-23)18(27)6-4-14-5-7-19(17(22)11-14)29-15-3-2-8-24-13-15/h2-11,13,16H,1H3. The minimum Gasteiger partial charge on any atom is -0.453 e. The molecule has 29 heavy (non-hydrogen) atoms. The van der Waals surface area contributed by atoms with Crippen molar-refractivity contribution in [3.63, 3.8) is 0 Å². The monoisotopic (exact) mass is 390 g/mol. The van der Waals surface area contributed by atoms with Crippen molar-refractivity contribution in [2.24, 2.45) is 13.0 Å². The molecule has 8 heteroatoms. The number of carbonyl (C=O) groups excluding carboxylic acids is 2. The lowest BCUT2D eigenvalue weighted by Gasteiger charge is -2.07. The average molecular weight is 390 g/mol. The molecule has 0 saturated carbocycles. The summed E-state index contributed by atoms with van der Waals surface area (Å²) in [6, 6.07) is 9.13. The smallest absolute Gasteiger partial charge is 0.223 e. The van der Waals surface area contributed by atoms with Crippen LogP contribution in [0, 0.1) is 23.1 Å². The molecule has 2 heterocycles. The fourth-order valence-electron chi connectivity index (χ4n) is 2.50. The number of imidazole rings is 1.